The average Bonchev–Trinajstić information content (AvgIpc) is 2.60. The fraction of sp³-hybridized carbons (Fsp3) is 0.375. The van der Waals surface area contributed by atoms with E-state index in [9.17, 15) is 4.79 Å². The summed E-state index contributed by atoms with van der Waals surface area (Å²) in [5.74, 6) is -0.0867. The Morgan fingerprint density at radius 2 is 1.96 bits per heavy atom. The maximum atomic E-state index is 12.5. The Morgan fingerprint density at radius 3 is 2.67 bits per heavy atom. The van der Waals surface area contributed by atoms with Gasteiger partial charge in [0.05, 0.1) is 0 Å². The minimum atomic E-state index is -0.0867. The van der Waals surface area contributed by atoms with Gasteiger partial charge < -0.3 is 10.2 Å². The maximum Gasteiger partial charge on any atom is 0.248 e. The van der Waals surface area contributed by atoms with Crippen molar-refractivity contribution in [2.75, 3.05) is 18.9 Å². The van der Waals surface area contributed by atoms with Crippen LogP contribution < -0.4 is 5.32 Å². The summed E-state index contributed by atoms with van der Waals surface area (Å²) in [6.45, 7) is 10.8. The molecule has 0 atom stereocenters. The minimum absolute atomic E-state index is 0.0867. The molecule has 0 saturated heterocycles. The van der Waals surface area contributed by atoms with E-state index < -0.39 is 0 Å². The van der Waals surface area contributed by atoms with Gasteiger partial charge in [0, 0.05) is 30.3 Å². The van der Waals surface area contributed by atoms with Crippen LogP contribution in [0.25, 0.3) is 6.08 Å². The van der Waals surface area contributed by atoms with Gasteiger partial charge in [-0.25, -0.2) is 0 Å². The minimum Gasteiger partial charge on any atom is -0.322 e. The highest BCUT2D eigenvalue weighted by atomic mass is 16.1. The summed E-state index contributed by atoms with van der Waals surface area (Å²) >= 11 is 0. The molecule has 1 aliphatic rings. The summed E-state index contributed by atoms with van der Waals surface area (Å²) in [5.41, 5.74) is 7.32. The van der Waals surface area contributed by atoms with Crippen LogP contribution in [-0.4, -0.2) is 24.4 Å². The van der Waals surface area contributed by atoms with Crippen LogP contribution in [0.4, 0.5) is 5.69 Å². The molecule has 2 aromatic rings. The summed E-state index contributed by atoms with van der Waals surface area (Å²) in [7, 11) is 2.17. The molecule has 0 aromatic heterocycles. The average molecular weight is 363 g/mol. The molecule has 3 heteroatoms. The summed E-state index contributed by atoms with van der Waals surface area (Å²) in [4.78, 5) is 14.9. The third kappa shape index (κ3) is 4.14. The van der Waals surface area contributed by atoms with Crippen LogP contribution in [-0.2, 0) is 23.2 Å². The Hall–Kier alpha value is -2.39. The van der Waals surface area contributed by atoms with Crippen molar-refractivity contribution in [1.29, 1.82) is 0 Å². The highest BCUT2D eigenvalue weighted by molar-refractivity contribution is 6.02. The number of likely N-dealkylation sites (N-methyl/N-ethyl adjacent to an activating group) is 1. The van der Waals surface area contributed by atoms with Crippen molar-refractivity contribution >= 4 is 17.7 Å². The molecule has 2 aromatic carbocycles. The third-order valence-corrected chi connectivity index (χ3v) is 5.47. The summed E-state index contributed by atoms with van der Waals surface area (Å²) < 4.78 is 0. The number of anilines is 1. The summed E-state index contributed by atoms with van der Waals surface area (Å²) in [5, 5.41) is 3.10. The van der Waals surface area contributed by atoms with Gasteiger partial charge >= 0.3 is 0 Å². The molecule has 1 amide bonds. The number of amides is 1. The van der Waals surface area contributed by atoms with Gasteiger partial charge in [0.25, 0.3) is 0 Å². The van der Waals surface area contributed by atoms with Crippen molar-refractivity contribution < 1.29 is 4.79 Å². The molecule has 0 spiro atoms. The molecule has 3 rings (SSSR count). The maximum absolute atomic E-state index is 12.5. The zero-order chi connectivity index (χ0) is 19.6. The van der Waals surface area contributed by atoms with Crippen LogP contribution in [0.1, 0.15) is 48.6 Å². The number of aryl methyl sites for hydroxylation is 1. The van der Waals surface area contributed by atoms with E-state index in [-0.39, 0.29) is 11.3 Å². The van der Waals surface area contributed by atoms with Crippen molar-refractivity contribution in [1.82, 2.24) is 4.90 Å². The van der Waals surface area contributed by atoms with E-state index in [1.165, 1.54) is 16.7 Å². The SMILES string of the molecule is CCc1c(NC(=O)/C=C/c2ccccc2C)ccc2c1CN(C)CC2(C)C. The lowest BCUT2D eigenvalue weighted by Crippen LogP contribution is -2.40. The van der Waals surface area contributed by atoms with Crippen LogP contribution in [0.15, 0.2) is 42.5 Å². The second-order valence-corrected chi connectivity index (χ2v) is 8.21. The van der Waals surface area contributed by atoms with Gasteiger partial charge in [0.15, 0.2) is 0 Å². The van der Waals surface area contributed by atoms with E-state index >= 15 is 0 Å². The van der Waals surface area contributed by atoms with Crippen LogP contribution in [0, 0.1) is 6.92 Å². The largest absolute Gasteiger partial charge is 0.322 e. The van der Waals surface area contributed by atoms with Crippen molar-refractivity contribution in [3.63, 3.8) is 0 Å². The number of rotatable bonds is 4. The lowest BCUT2D eigenvalue weighted by atomic mass is 9.76. The van der Waals surface area contributed by atoms with Gasteiger partial charge in [-0.15, -0.1) is 0 Å². The van der Waals surface area contributed by atoms with Crippen LogP contribution >= 0.6 is 0 Å². The van der Waals surface area contributed by atoms with Crippen LogP contribution in [0.5, 0.6) is 0 Å². The summed E-state index contributed by atoms with van der Waals surface area (Å²) in [6.07, 6.45) is 4.41. The smallest absolute Gasteiger partial charge is 0.248 e. The van der Waals surface area contributed by atoms with Crippen molar-refractivity contribution in [2.45, 2.75) is 46.1 Å². The Bertz CT molecular complexity index is 880. The van der Waals surface area contributed by atoms with E-state index in [1.807, 2.05) is 24.3 Å². The first-order valence-electron chi connectivity index (χ1n) is 9.70. The number of hydrogen-bond acceptors (Lipinski definition) is 2. The fourth-order valence-corrected chi connectivity index (χ4v) is 4.23. The van der Waals surface area contributed by atoms with Gasteiger partial charge in [0.1, 0.15) is 0 Å². The Kier molecular flexibility index (Phi) is 5.52. The van der Waals surface area contributed by atoms with E-state index in [0.29, 0.717) is 0 Å². The van der Waals surface area contributed by atoms with Crippen molar-refractivity contribution in [3.05, 3.63) is 70.3 Å². The van der Waals surface area contributed by atoms with Crippen LogP contribution in [0.3, 0.4) is 0 Å². The van der Waals surface area contributed by atoms with Gasteiger partial charge in [-0.1, -0.05) is 51.1 Å². The standard InChI is InChI=1S/C24H30N2O/c1-6-19-20-15-26(5)16-24(3,4)21(20)12-13-22(19)25-23(27)14-11-18-10-8-7-9-17(18)2/h7-14H,6,15-16H2,1-5H3,(H,25,27)/b14-11+. The molecule has 1 N–H and O–H groups in total. The third-order valence-electron chi connectivity index (χ3n) is 5.47. The van der Waals surface area contributed by atoms with E-state index in [1.54, 1.807) is 6.08 Å². The predicted molar refractivity (Wildman–Crippen MR) is 114 cm³/mol. The summed E-state index contributed by atoms with van der Waals surface area (Å²) in [6, 6.07) is 12.3. The number of nitrogens with one attached hydrogen (secondary N) is 1. The predicted octanol–water partition coefficient (Wildman–Crippen LogP) is 4.93. The zero-order valence-electron chi connectivity index (χ0n) is 17.1. The van der Waals surface area contributed by atoms with E-state index in [0.717, 1.165) is 36.3 Å². The highest BCUT2D eigenvalue weighted by Gasteiger charge is 2.32. The quantitative estimate of drug-likeness (QED) is 0.782. The first-order chi connectivity index (χ1) is 12.8. The van der Waals surface area contributed by atoms with Gasteiger partial charge in [-0.05, 0) is 60.4 Å². The van der Waals surface area contributed by atoms with Gasteiger partial charge in [-0.3, -0.25) is 4.79 Å². The molecule has 0 fully saturated rings. The number of benzene rings is 2. The molecule has 0 aliphatic carbocycles. The molecule has 0 unspecified atom stereocenters. The van der Waals surface area contributed by atoms with Crippen molar-refractivity contribution in [2.24, 2.45) is 0 Å². The molecule has 0 saturated carbocycles. The molecule has 142 valence electrons. The first-order valence-corrected chi connectivity index (χ1v) is 9.70. The monoisotopic (exact) mass is 362 g/mol. The van der Waals surface area contributed by atoms with Gasteiger partial charge in [-0.2, -0.15) is 0 Å². The lowest BCUT2D eigenvalue weighted by Gasteiger charge is -2.39. The number of fused-ring (bicyclic) bond motifs is 1. The second kappa shape index (κ2) is 7.69. The van der Waals surface area contributed by atoms with Crippen molar-refractivity contribution in [3.8, 4) is 0 Å². The zero-order valence-corrected chi connectivity index (χ0v) is 17.1. The molecular formula is C24H30N2O. The lowest BCUT2D eigenvalue weighted by molar-refractivity contribution is -0.111. The highest BCUT2D eigenvalue weighted by Crippen LogP contribution is 2.37. The number of hydrogen-bond donors (Lipinski definition) is 1. The topological polar surface area (TPSA) is 32.3 Å². The first kappa shape index (κ1) is 19.4. The van der Waals surface area contributed by atoms with Crippen LogP contribution in [0.2, 0.25) is 0 Å². The Morgan fingerprint density at radius 1 is 1.22 bits per heavy atom. The molecule has 1 aliphatic heterocycles. The second-order valence-electron chi connectivity index (χ2n) is 8.21. The van der Waals surface area contributed by atoms with Gasteiger partial charge in [0.2, 0.25) is 5.91 Å². The molecule has 27 heavy (non-hydrogen) atoms. The number of nitrogens with zero attached hydrogens (tertiary/aromatic N) is 1. The molecule has 3 nitrogen and oxygen atoms in total. The van der Waals surface area contributed by atoms with E-state index in [2.05, 4.69) is 63.2 Å². The fourth-order valence-electron chi connectivity index (χ4n) is 4.23. The number of carbonyl (C=O) groups is 1. The molecular weight excluding hydrogens is 332 g/mol. The normalized spacial score (nSPS) is 16.3. The Balaban J connectivity index is 1.86. The molecule has 1 heterocycles. The number of carbonyl (C=O) groups excluding carboxylic acids is 1. The molecule has 0 bridgehead atoms. The van der Waals surface area contributed by atoms with E-state index in [4.69, 9.17) is 0 Å². The molecule has 0 radical (unpaired) electrons. The Labute approximate surface area is 163 Å².